The van der Waals surface area contributed by atoms with Gasteiger partial charge in [0.15, 0.2) is 0 Å². The number of nitrogens with one attached hydrogen (secondary N) is 2. The predicted octanol–water partition coefficient (Wildman–Crippen LogP) is 10.4. The van der Waals surface area contributed by atoms with Gasteiger partial charge in [-0.15, -0.1) is 35.1 Å². The first-order valence-electron chi connectivity index (χ1n) is 22.9. The third-order valence-corrected chi connectivity index (χ3v) is 12.5. The van der Waals surface area contributed by atoms with E-state index in [1.165, 1.54) is 36.7 Å². The number of hydrogen-bond acceptors (Lipinski definition) is 16. The number of aromatic carboxylic acids is 1. The molecule has 24 heteroatoms. The van der Waals surface area contributed by atoms with Gasteiger partial charge in [-0.1, -0.05) is 129 Å². The number of fused-ring (bicyclic) bond motifs is 2. The fourth-order valence-corrected chi connectivity index (χ4v) is 8.34. The van der Waals surface area contributed by atoms with Crippen molar-refractivity contribution in [2.75, 3.05) is 13.1 Å². The van der Waals surface area contributed by atoms with E-state index in [1.807, 2.05) is 72.8 Å². The van der Waals surface area contributed by atoms with Crippen molar-refractivity contribution >= 4 is 91.9 Å². The Morgan fingerprint density at radius 2 is 1.01 bits per heavy atom. The number of pyridine rings is 2. The number of ether oxygens (including phenoxy) is 4. The van der Waals surface area contributed by atoms with Crippen molar-refractivity contribution in [3.8, 4) is 0 Å². The SMILES string of the molecule is C.Cl.NC[C@@H](N)C(=O)OCc1ccccc1.O=C(N[C@H](CNC(=O)c1cc2nccc(C(F)F)c2s1)C(=O)OCc1ccccc1)OCc1ccccc1.O=C(O)c1cc2nccc(C(F)F)c2s1.O=COCc1ccccc1. The van der Waals surface area contributed by atoms with Crippen molar-refractivity contribution in [1.29, 1.82) is 0 Å². The molecule has 0 spiro atoms. The van der Waals surface area contributed by atoms with Crippen LogP contribution in [-0.2, 0) is 59.8 Å². The van der Waals surface area contributed by atoms with Gasteiger partial charge in [-0.25, -0.2) is 31.9 Å². The van der Waals surface area contributed by atoms with Gasteiger partial charge in [0.1, 0.15) is 43.4 Å². The monoisotopic (exact) mass is 1150 g/mol. The molecule has 79 heavy (non-hydrogen) atoms. The van der Waals surface area contributed by atoms with Crippen LogP contribution in [-0.4, -0.2) is 76.6 Å². The molecule has 0 fully saturated rings. The molecule has 0 bridgehead atoms. The van der Waals surface area contributed by atoms with Gasteiger partial charge in [0.25, 0.3) is 25.2 Å². The zero-order valence-corrected chi connectivity index (χ0v) is 43.4. The summed E-state index contributed by atoms with van der Waals surface area (Å²) in [7, 11) is 0. The van der Waals surface area contributed by atoms with Crippen LogP contribution in [0, 0.1) is 0 Å². The van der Waals surface area contributed by atoms with Crippen LogP contribution in [0.1, 0.15) is 73.0 Å². The van der Waals surface area contributed by atoms with Crippen LogP contribution in [0.2, 0.25) is 0 Å². The molecule has 2 atom stereocenters. The summed E-state index contributed by atoms with van der Waals surface area (Å²) in [6.07, 6.45) is -3.71. The van der Waals surface area contributed by atoms with E-state index in [0.717, 1.165) is 44.9 Å². The van der Waals surface area contributed by atoms with Crippen LogP contribution in [0.25, 0.3) is 20.4 Å². The highest BCUT2D eigenvalue weighted by Gasteiger charge is 2.26. The number of carbonyl (C=O) groups is 6. The first kappa shape index (κ1) is 64.9. The average molecular weight is 1150 g/mol. The predicted molar refractivity (Wildman–Crippen MR) is 293 cm³/mol. The number of thiophene rings is 2. The molecular weight excluding hydrogens is 1100 g/mol. The lowest BCUT2D eigenvalue weighted by molar-refractivity contribution is -0.147. The van der Waals surface area contributed by atoms with Crippen LogP contribution >= 0.6 is 35.1 Å². The van der Waals surface area contributed by atoms with Gasteiger partial charge in [-0.3, -0.25) is 24.4 Å². The van der Waals surface area contributed by atoms with Crippen molar-refractivity contribution in [1.82, 2.24) is 20.6 Å². The average Bonchev–Trinajstić information content (AvgIpc) is 4.12. The second-order valence-corrected chi connectivity index (χ2v) is 17.9. The second-order valence-electron chi connectivity index (χ2n) is 15.7. The number of halogens is 5. The summed E-state index contributed by atoms with van der Waals surface area (Å²) in [4.78, 5) is 77.5. The normalized spacial score (nSPS) is 11.0. The maximum absolute atomic E-state index is 13.3. The van der Waals surface area contributed by atoms with Crippen LogP contribution in [0.4, 0.5) is 22.4 Å². The number of benzene rings is 4. The lowest BCUT2D eigenvalue weighted by Crippen LogP contribution is -2.49. The Morgan fingerprint density at radius 1 is 0.608 bits per heavy atom. The van der Waals surface area contributed by atoms with Gasteiger partial charge in [-0.05, 0) is 46.5 Å². The number of hydrogen-bond donors (Lipinski definition) is 5. The van der Waals surface area contributed by atoms with E-state index in [-0.39, 0.29) is 88.5 Å². The van der Waals surface area contributed by atoms with E-state index >= 15 is 0 Å². The van der Waals surface area contributed by atoms with E-state index in [0.29, 0.717) is 18.6 Å². The lowest BCUT2D eigenvalue weighted by Gasteiger charge is -2.18. The van der Waals surface area contributed by atoms with Crippen LogP contribution < -0.4 is 22.1 Å². The zero-order chi connectivity index (χ0) is 55.5. The highest BCUT2D eigenvalue weighted by atomic mass is 35.5. The Bertz CT molecular complexity index is 3150. The molecule has 0 saturated carbocycles. The Morgan fingerprint density at radius 3 is 1.43 bits per heavy atom. The van der Waals surface area contributed by atoms with Gasteiger partial charge >= 0.3 is 24.0 Å². The quantitative estimate of drug-likeness (QED) is 0.0218. The molecule has 2 amide bonds. The first-order chi connectivity index (χ1) is 37.2. The lowest BCUT2D eigenvalue weighted by atomic mass is 10.2. The van der Waals surface area contributed by atoms with Crippen molar-refractivity contribution in [2.24, 2.45) is 11.5 Å². The Kier molecular flexibility index (Phi) is 28.3. The molecule has 4 aromatic heterocycles. The standard InChI is InChI=1S/C27H23F2N3O5S.C10H14N2O2.C9H5F2NO2S.C8H8O2.CH4.ClH/c28-24(29)19-11-12-30-20-13-22(38-23(19)20)25(33)31-14-21(26(34)36-15-17-7-3-1-4-8-17)32-27(35)37-16-18-9-5-2-6-10-18;11-6-9(12)10(13)14-7-8-4-2-1-3-5-8;10-8(11)4-1-2-12-5-3-6(9(13)14)15-7(4)5;9-7-10-6-8-4-2-1-3-5-8;;/h1-13,21,24H,14-16H2,(H,31,33)(H,32,35);1-5,9H,6-7,11-12H2;1-3,8H,(H,13,14);1-5,7H,6H2;1H4;1H/t21-;9-;;;;/m11..../s1. The molecule has 0 unspecified atom stereocenters. The smallest absolute Gasteiger partial charge is 0.408 e. The van der Waals surface area contributed by atoms with Crippen molar-refractivity contribution in [2.45, 2.75) is 58.8 Å². The van der Waals surface area contributed by atoms with Crippen LogP contribution in [0.3, 0.4) is 0 Å². The molecule has 0 aliphatic heterocycles. The van der Waals surface area contributed by atoms with E-state index in [2.05, 4.69) is 25.3 Å². The van der Waals surface area contributed by atoms with Crippen LogP contribution in [0.15, 0.2) is 158 Å². The van der Waals surface area contributed by atoms with E-state index in [1.54, 1.807) is 48.5 Å². The summed E-state index contributed by atoms with van der Waals surface area (Å²) >= 11 is 1.68. The molecule has 8 rings (SSSR count). The molecule has 7 N–H and O–H groups in total. The molecule has 17 nitrogen and oxygen atoms in total. The van der Waals surface area contributed by atoms with Gasteiger partial charge < -0.3 is 46.2 Å². The number of carboxylic acid groups (broad SMARTS) is 1. The fourth-order valence-electron chi connectivity index (χ4n) is 6.32. The Labute approximate surface area is 465 Å². The number of alkyl halides is 4. The molecule has 4 aromatic carbocycles. The molecular formula is C55H55ClF4N6O11S2. The number of rotatable bonds is 19. The Hall–Kier alpha value is -8.35. The molecule has 418 valence electrons. The highest BCUT2D eigenvalue weighted by Crippen LogP contribution is 2.34. The number of aromatic nitrogens is 2. The minimum Gasteiger partial charge on any atom is -0.477 e. The number of nitrogens with zero attached hydrogens (tertiary/aromatic N) is 2. The second kappa shape index (κ2) is 34.4. The third-order valence-electron chi connectivity index (χ3n) is 10.2. The van der Waals surface area contributed by atoms with Crippen molar-refractivity contribution in [3.63, 3.8) is 0 Å². The summed E-state index contributed by atoms with van der Waals surface area (Å²) < 4.78 is 72.1. The minimum absolute atomic E-state index is 0. The number of carbonyl (C=O) groups excluding carboxylic acids is 5. The van der Waals surface area contributed by atoms with Gasteiger partial charge in [-0.2, -0.15) is 0 Å². The maximum atomic E-state index is 13.3. The third kappa shape index (κ3) is 21.5. The van der Waals surface area contributed by atoms with Gasteiger partial charge in [0.05, 0.1) is 25.3 Å². The minimum atomic E-state index is -2.72. The van der Waals surface area contributed by atoms with Gasteiger partial charge in [0.2, 0.25) is 0 Å². The first-order valence-corrected chi connectivity index (χ1v) is 24.6. The summed E-state index contributed by atoms with van der Waals surface area (Å²) in [5, 5.41) is 13.7. The number of esters is 2. The van der Waals surface area contributed by atoms with E-state index < -0.39 is 54.8 Å². The molecule has 4 heterocycles. The summed E-state index contributed by atoms with van der Waals surface area (Å²) in [6.45, 7) is 0.782. The number of amides is 2. The zero-order valence-electron chi connectivity index (χ0n) is 41.0. The largest absolute Gasteiger partial charge is 0.477 e. The molecule has 8 aromatic rings. The van der Waals surface area contributed by atoms with Crippen molar-refractivity contribution in [3.05, 3.63) is 201 Å². The van der Waals surface area contributed by atoms with Gasteiger partial charge in [0, 0.05) is 36.6 Å². The number of carboxylic acids is 1. The molecule has 0 saturated heterocycles. The summed E-state index contributed by atoms with van der Waals surface area (Å²) in [5.74, 6) is -2.99. The molecule has 0 aliphatic carbocycles. The van der Waals surface area contributed by atoms with E-state index in [4.69, 9.17) is 30.8 Å². The summed E-state index contributed by atoms with van der Waals surface area (Å²) in [6, 6.07) is 40.0. The van der Waals surface area contributed by atoms with E-state index in [9.17, 15) is 46.3 Å². The maximum Gasteiger partial charge on any atom is 0.408 e. The van der Waals surface area contributed by atoms with Crippen LogP contribution in [0.5, 0.6) is 0 Å². The molecule has 0 aliphatic rings. The Balaban J connectivity index is 0.000000326. The topological polar surface area (TPSA) is 261 Å². The number of nitrogens with two attached hydrogens (primary N) is 2. The van der Waals surface area contributed by atoms with Crippen molar-refractivity contribution < 1.29 is 70.4 Å². The summed E-state index contributed by atoms with van der Waals surface area (Å²) in [5.41, 5.74) is 14.2. The highest BCUT2D eigenvalue weighted by molar-refractivity contribution is 7.21. The number of alkyl carbamates (subject to hydrolysis) is 1. The molecule has 0 radical (unpaired) electrons. The fraction of sp³-hybridized carbons (Fsp3) is 0.200.